The lowest BCUT2D eigenvalue weighted by Crippen LogP contribution is -2.20. The molecule has 2 aliphatic rings. The molecule has 34 heavy (non-hydrogen) atoms. The van der Waals surface area contributed by atoms with Crippen molar-refractivity contribution in [3.05, 3.63) is 70.9 Å². The summed E-state index contributed by atoms with van der Waals surface area (Å²) in [7, 11) is 0. The summed E-state index contributed by atoms with van der Waals surface area (Å²) in [5.74, 6) is 2.82. The van der Waals surface area contributed by atoms with Crippen LogP contribution in [-0.4, -0.2) is 26.0 Å². The third kappa shape index (κ3) is 3.37. The van der Waals surface area contributed by atoms with Crippen LogP contribution < -0.4 is 10.1 Å². The molecule has 3 heterocycles. The molecule has 3 N–H and O–H groups in total. The number of carbonyl (C=O) groups is 1. The van der Waals surface area contributed by atoms with E-state index in [2.05, 4.69) is 27.2 Å². The van der Waals surface area contributed by atoms with E-state index in [1.807, 2.05) is 6.07 Å². The summed E-state index contributed by atoms with van der Waals surface area (Å²) in [4.78, 5) is 23.9. The third-order valence-corrected chi connectivity index (χ3v) is 6.93. The largest absolute Gasteiger partial charge is 0.508 e. The second kappa shape index (κ2) is 7.55. The predicted octanol–water partition coefficient (Wildman–Crippen LogP) is 5.31. The van der Waals surface area contributed by atoms with Gasteiger partial charge in [-0.2, -0.15) is 0 Å². The average Bonchev–Trinajstić information content (AvgIpc) is 3.30. The van der Waals surface area contributed by atoms with Crippen molar-refractivity contribution in [2.24, 2.45) is 5.92 Å². The highest BCUT2D eigenvalue weighted by Gasteiger charge is 2.51. The molecule has 0 saturated heterocycles. The zero-order valence-electron chi connectivity index (χ0n) is 18.7. The maximum atomic E-state index is 14.0. The molecule has 0 bridgehead atoms. The molecule has 8 heteroatoms. The standard InChI is InChI=1S/C26H23FN4O3/c1-12-9-18-19(11-17(12)27)30-26(29-18)24-13(2)23(24)16-10-14(3-5-20(16)32)34-21-7-8-28-25-15(21)4-6-22(33)31-25/h3,5,7-11,13,23-24,32H,4,6H2,1-2H3,(H,29,30)(H,28,31,33)/t13-,23-,24+/m0/s1. The Balaban J connectivity index is 1.29. The summed E-state index contributed by atoms with van der Waals surface area (Å²) < 4.78 is 20.1. The molecule has 4 aromatic rings. The molecule has 1 aliphatic carbocycles. The average molecular weight is 458 g/mol. The Morgan fingerprint density at radius 2 is 2.00 bits per heavy atom. The number of rotatable bonds is 4. The molecule has 0 spiro atoms. The molecular weight excluding hydrogens is 435 g/mol. The molecule has 6 rings (SSSR count). The minimum atomic E-state index is -0.272. The van der Waals surface area contributed by atoms with Crippen molar-refractivity contribution in [2.75, 3.05) is 5.32 Å². The Hall–Kier alpha value is -3.94. The molecule has 7 nitrogen and oxygen atoms in total. The van der Waals surface area contributed by atoms with E-state index in [0.717, 1.165) is 22.5 Å². The first kappa shape index (κ1) is 20.7. The van der Waals surface area contributed by atoms with Crippen LogP contribution in [0.4, 0.5) is 10.2 Å². The third-order valence-electron chi connectivity index (χ3n) is 6.93. The summed E-state index contributed by atoms with van der Waals surface area (Å²) in [5, 5.41) is 13.4. The van der Waals surface area contributed by atoms with Gasteiger partial charge >= 0.3 is 0 Å². The van der Waals surface area contributed by atoms with Gasteiger partial charge in [0.2, 0.25) is 5.91 Å². The second-order valence-corrected chi connectivity index (χ2v) is 9.16. The number of anilines is 1. The number of phenolic OH excluding ortho intramolecular Hbond substituents is 1. The zero-order valence-corrected chi connectivity index (χ0v) is 18.7. The van der Waals surface area contributed by atoms with Gasteiger partial charge in [-0.3, -0.25) is 4.79 Å². The number of halogens is 1. The van der Waals surface area contributed by atoms with Crippen LogP contribution in [0.1, 0.15) is 47.7 Å². The molecule has 2 aromatic carbocycles. The van der Waals surface area contributed by atoms with E-state index in [1.54, 1.807) is 37.4 Å². The number of aromatic hydroxyl groups is 1. The van der Waals surface area contributed by atoms with Crippen molar-refractivity contribution in [3.8, 4) is 17.2 Å². The number of benzene rings is 2. The number of amides is 1. The normalized spacial score (nSPS) is 21.3. The number of H-pyrrole nitrogens is 1. The van der Waals surface area contributed by atoms with Crippen LogP contribution in [0.15, 0.2) is 42.6 Å². The van der Waals surface area contributed by atoms with Crippen LogP contribution in [-0.2, 0) is 11.2 Å². The second-order valence-electron chi connectivity index (χ2n) is 9.16. The Morgan fingerprint density at radius 1 is 1.15 bits per heavy atom. The highest BCUT2D eigenvalue weighted by molar-refractivity contribution is 5.93. The predicted molar refractivity (Wildman–Crippen MR) is 125 cm³/mol. The first-order valence-corrected chi connectivity index (χ1v) is 11.3. The van der Waals surface area contributed by atoms with Gasteiger partial charge in [-0.25, -0.2) is 14.4 Å². The smallest absolute Gasteiger partial charge is 0.225 e. The Morgan fingerprint density at radius 3 is 2.85 bits per heavy atom. The first-order chi connectivity index (χ1) is 16.4. The highest BCUT2D eigenvalue weighted by atomic mass is 19.1. The summed E-state index contributed by atoms with van der Waals surface area (Å²) in [5.41, 5.74) is 3.63. The number of hydrogen-bond donors (Lipinski definition) is 3. The van der Waals surface area contributed by atoms with Gasteiger partial charge in [0, 0.05) is 41.6 Å². The lowest BCUT2D eigenvalue weighted by molar-refractivity contribution is -0.116. The van der Waals surface area contributed by atoms with E-state index in [9.17, 15) is 14.3 Å². The maximum Gasteiger partial charge on any atom is 0.225 e. The van der Waals surface area contributed by atoms with E-state index in [1.165, 1.54) is 6.07 Å². The van der Waals surface area contributed by atoms with E-state index in [-0.39, 0.29) is 35.2 Å². The maximum absolute atomic E-state index is 14.0. The number of aryl methyl sites for hydroxylation is 1. The molecule has 1 aliphatic heterocycles. The number of phenols is 1. The van der Waals surface area contributed by atoms with Crippen molar-refractivity contribution < 1.29 is 19.0 Å². The molecule has 0 radical (unpaired) electrons. The fourth-order valence-corrected chi connectivity index (χ4v) is 5.02. The van der Waals surface area contributed by atoms with E-state index >= 15 is 0 Å². The summed E-state index contributed by atoms with van der Waals surface area (Å²) in [6.45, 7) is 3.85. The van der Waals surface area contributed by atoms with Crippen molar-refractivity contribution in [1.29, 1.82) is 0 Å². The molecule has 1 saturated carbocycles. The zero-order chi connectivity index (χ0) is 23.6. The van der Waals surface area contributed by atoms with Gasteiger partial charge in [-0.15, -0.1) is 0 Å². The summed E-state index contributed by atoms with van der Waals surface area (Å²) >= 11 is 0. The van der Waals surface area contributed by atoms with Crippen LogP contribution in [0.5, 0.6) is 17.2 Å². The number of aromatic amines is 1. The molecule has 2 aromatic heterocycles. The van der Waals surface area contributed by atoms with Gasteiger partial charge in [0.1, 0.15) is 34.7 Å². The van der Waals surface area contributed by atoms with Crippen LogP contribution in [0, 0.1) is 18.7 Å². The Kier molecular flexibility index (Phi) is 4.58. The van der Waals surface area contributed by atoms with E-state index in [4.69, 9.17) is 4.74 Å². The van der Waals surface area contributed by atoms with Gasteiger partial charge < -0.3 is 20.1 Å². The van der Waals surface area contributed by atoms with Gasteiger partial charge in [-0.05, 0) is 55.2 Å². The lowest BCUT2D eigenvalue weighted by atomic mass is 10.1. The van der Waals surface area contributed by atoms with Crippen LogP contribution in [0.25, 0.3) is 11.0 Å². The number of fused-ring (bicyclic) bond motifs is 2. The van der Waals surface area contributed by atoms with Crippen molar-refractivity contribution in [1.82, 2.24) is 15.0 Å². The van der Waals surface area contributed by atoms with Gasteiger partial charge in [0.05, 0.1) is 11.0 Å². The monoisotopic (exact) mass is 458 g/mol. The quantitative estimate of drug-likeness (QED) is 0.385. The SMILES string of the molecule is Cc1cc2[nH]c([C@@H]3[C@@H](C)[C@H]3c3cc(Oc4ccnc5c4CCC(=O)N5)ccc3O)nc2cc1F. The van der Waals surface area contributed by atoms with Gasteiger partial charge in [-0.1, -0.05) is 6.92 Å². The number of aromatic nitrogens is 3. The Bertz CT molecular complexity index is 1430. The number of pyridine rings is 1. The first-order valence-electron chi connectivity index (χ1n) is 11.3. The molecule has 1 fully saturated rings. The molecule has 1 amide bonds. The van der Waals surface area contributed by atoms with E-state index in [0.29, 0.717) is 41.2 Å². The molecule has 172 valence electrons. The Labute approximate surface area is 195 Å². The van der Waals surface area contributed by atoms with Crippen molar-refractivity contribution in [2.45, 2.75) is 38.5 Å². The fourth-order valence-electron chi connectivity index (χ4n) is 5.02. The number of nitrogens with one attached hydrogen (secondary N) is 2. The van der Waals surface area contributed by atoms with Gasteiger partial charge in [0.15, 0.2) is 0 Å². The highest BCUT2D eigenvalue weighted by Crippen LogP contribution is 2.61. The minimum Gasteiger partial charge on any atom is -0.508 e. The molecule has 0 unspecified atom stereocenters. The topological polar surface area (TPSA) is 100 Å². The summed E-state index contributed by atoms with van der Waals surface area (Å²) in [6, 6.07) is 10.2. The van der Waals surface area contributed by atoms with E-state index < -0.39 is 0 Å². The van der Waals surface area contributed by atoms with Crippen molar-refractivity contribution >= 4 is 22.8 Å². The molecule has 3 atom stereocenters. The number of carbonyl (C=O) groups excluding carboxylic acids is 1. The fraction of sp³-hybridized carbons (Fsp3) is 0.269. The number of ether oxygens (including phenoxy) is 1. The van der Waals surface area contributed by atoms with Gasteiger partial charge in [0.25, 0.3) is 0 Å². The minimum absolute atomic E-state index is 0.0543. The summed E-state index contributed by atoms with van der Waals surface area (Å²) in [6.07, 6.45) is 2.55. The van der Waals surface area contributed by atoms with Crippen LogP contribution in [0.3, 0.4) is 0 Å². The van der Waals surface area contributed by atoms with Crippen LogP contribution >= 0.6 is 0 Å². The lowest BCUT2D eigenvalue weighted by Gasteiger charge is -2.19. The number of nitrogens with zero attached hydrogens (tertiary/aromatic N) is 2. The number of imidazole rings is 1. The molecular formula is C26H23FN4O3. The number of hydrogen-bond acceptors (Lipinski definition) is 5. The van der Waals surface area contributed by atoms with Crippen LogP contribution in [0.2, 0.25) is 0 Å². The van der Waals surface area contributed by atoms with Crippen molar-refractivity contribution in [3.63, 3.8) is 0 Å².